The fourth-order valence-corrected chi connectivity index (χ4v) is 5.41. The summed E-state index contributed by atoms with van der Waals surface area (Å²) < 4.78 is 87.5. The zero-order valence-electron chi connectivity index (χ0n) is 18.9. The Bertz CT molecular complexity index is 1140. The molecule has 2 aliphatic rings. The SMILES string of the molecule is CCS(=O)NC1C(Cc2cccc(-c3cc(F)cc(F)c3)c2F)N(C(=O)C2(O)CCC2)CC1(F)F. The molecule has 1 amide bonds. The van der Waals surface area contributed by atoms with E-state index in [1.165, 1.54) is 25.1 Å². The van der Waals surface area contributed by atoms with Crippen LogP contribution in [-0.2, 0) is 22.2 Å². The Morgan fingerprint density at radius 2 is 1.83 bits per heavy atom. The number of carbonyl (C=O) groups is 1. The Balaban J connectivity index is 1.73. The summed E-state index contributed by atoms with van der Waals surface area (Å²) in [6.07, 6.45) is 0.441. The molecular weight excluding hydrogens is 491 g/mol. The first-order valence-electron chi connectivity index (χ1n) is 11.2. The molecule has 190 valence electrons. The van der Waals surface area contributed by atoms with Crippen LogP contribution in [-0.4, -0.2) is 56.0 Å². The highest BCUT2D eigenvalue weighted by Crippen LogP contribution is 2.41. The summed E-state index contributed by atoms with van der Waals surface area (Å²) in [7, 11) is -1.83. The monoisotopic (exact) mass is 516 g/mol. The standard InChI is InChI=1S/C24H25F5N2O3S/c1-2-35(34)30-21-19(31(13-24(21,28)29)22(32)23(33)7-4-8-23)11-14-5-3-6-18(20(14)27)15-9-16(25)12-17(26)10-15/h3,5-6,9-10,12,19,21,30,33H,2,4,7-8,11,13H2,1H3. The molecule has 0 bridgehead atoms. The lowest BCUT2D eigenvalue weighted by Crippen LogP contribution is -2.57. The average molecular weight is 517 g/mol. The highest BCUT2D eigenvalue weighted by Gasteiger charge is 2.59. The Morgan fingerprint density at radius 3 is 2.40 bits per heavy atom. The van der Waals surface area contributed by atoms with Crippen LogP contribution in [0, 0.1) is 17.5 Å². The highest BCUT2D eigenvalue weighted by molar-refractivity contribution is 7.83. The van der Waals surface area contributed by atoms with E-state index < -0.39 is 70.9 Å². The van der Waals surface area contributed by atoms with Gasteiger partial charge in [-0.1, -0.05) is 25.1 Å². The molecular formula is C24H25F5N2O3S. The number of halogens is 5. The number of hydrogen-bond donors (Lipinski definition) is 2. The van der Waals surface area contributed by atoms with Gasteiger partial charge in [-0.3, -0.25) is 4.79 Å². The molecule has 1 saturated heterocycles. The van der Waals surface area contributed by atoms with Crippen molar-refractivity contribution in [2.75, 3.05) is 12.3 Å². The summed E-state index contributed by atoms with van der Waals surface area (Å²) in [6.45, 7) is 0.514. The molecule has 1 aliphatic heterocycles. The maximum atomic E-state index is 15.5. The van der Waals surface area contributed by atoms with Crippen LogP contribution in [0.5, 0.6) is 0 Å². The van der Waals surface area contributed by atoms with Crippen LogP contribution in [0.2, 0.25) is 0 Å². The van der Waals surface area contributed by atoms with Crippen molar-refractivity contribution < 1.29 is 36.1 Å². The van der Waals surface area contributed by atoms with E-state index in [1.807, 2.05) is 0 Å². The van der Waals surface area contributed by atoms with Crippen LogP contribution >= 0.6 is 0 Å². The number of carbonyl (C=O) groups excluding carboxylic acids is 1. The summed E-state index contributed by atoms with van der Waals surface area (Å²) in [5.41, 5.74) is -2.03. The van der Waals surface area contributed by atoms with Crippen LogP contribution in [0.15, 0.2) is 36.4 Å². The zero-order chi connectivity index (χ0) is 25.5. The summed E-state index contributed by atoms with van der Waals surface area (Å²) in [5, 5.41) is 10.5. The molecule has 2 aromatic rings. The van der Waals surface area contributed by atoms with Crippen molar-refractivity contribution in [1.82, 2.24) is 9.62 Å². The van der Waals surface area contributed by atoms with Gasteiger partial charge in [-0.05, 0) is 48.9 Å². The minimum absolute atomic E-state index is 0.0339. The van der Waals surface area contributed by atoms with Crippen molar-refractivity contribution >= 4 is 16.9 Å². The Kier molecular flexibility index (Phi) is 7.05. The quantitative estimate of drug-likeness (QED) is 0.552. The molecule has 2 N–H and O–H groups in total. The third-order valence-corrected chi connectivity index (χ3v) is 7.70. The predicted molar refractivity (Wildman–Crippen MR) is 120 cm³/mol. The first-order valence-corrected chi connectivity index (χ1v) is 12.6. The molecule has 0 radical (unpaired) electrons. The number of nitrogens with one attached hydrogen (secondary N) is 1. The van der Waals surface area contributed by atoms with E-state index in [0.717, 1.165) is 17.0 Å². The molecule has 1 aliphatic carbocycles. The molecule has 4 rings (SSSR count). The van der Waals surface area contributed by atoms with Crippen LogP contribution in [0.4, 0.5) is 22.0 Å². The largest absolute Gasteiger partial charge is 0.380 e. The topological polar surface area (TPSA) is 69.6 Å². The van der Waals surface area contributed by atoms with Gasteiger partial charge in [-0.2, -0.15) is 0 Å². The van der Waals surface area contributed by atoms with Crippen LogP contribution in [0.1, 0.15) is 31.7 Å². The van der Waals surface area contributed by atoms with E-state index >= 15 is 13.2 Å². The number of alkyl halides is 2. The predicted octanol–water partition coefficient (Wildman–Crippen LogP) is 3.72. The second-order valence-electron chi connectivity index (χ2n) is 9.02. The number of likely N-dealkylation sites (tertiary alicyclic amines) is 1. The molecule has 2 fully saturated rings. The normalized spacial score (nSPS) is 23.7. The molecule has 11 heteroatoms. The van der Waals surface area contributed by atoms with E-state index in [9.17, 15) is 22.9 Å². The van der Waals surface area contributed by atoms with E-state index in [4.69, 9.17) is 0 Å². The van der Waals surface area contributed by atoms with E-state index in [2.05, 4.69) is 4.72 Å². The Labute approximate surface area is 201 Å². The zero-order valence-corrected chi connectivity index (χ0v) is 19.7. The lowest BCUT2D eigenvalue weighted by Gasteiger charge is -2.40. The van der Waals surface area contributed by atoms with Gasteiger partial charge in [0.1, 0.15) is 29.1 Å². The number of rotatable bonds is 7. The number of aliphatic hydroxyl groups is 1. The van der Waals surface area contributed by atoms with E-state index in [-0.39, 0.29) is 35.3 Å². The van der Waals surface area contributed by atoms with Gasteiger partial charge in [0.05, 0.1) is 23.6 Å². The van der Waals surface area contributed by atoms with Gasteiger partial charge < -0.3 is 10.0 Å². The molecule has 1 heterocycles. The minimum Gasteiger partial charge on any atom is -0.380 e. The van der Waals surface area contributed by atoms with Gasteiger partial charge in [-0.15, -0.1) is 0 Å². The van der Waals surface area contributed by atoms with Gasteiger partial charge in [0, 0.05) is 17.4 Å². The van der Waals surface area contributed by atoms with Gasteiger partial charge in [0.15, 0.2) is 0 Å². The van der Waals surface area contributed by atoms with Crippen molar-refractivity contribution in [3.63, 3.8) is 0 Å². The number of hydrogen-bond acceptors (Lipinski definition) is 3. The minimum atomic E-state index is -3.50. The first kappa shape index (κ1) is 25.7. The lowest BCUT2D eigenvalue weighted by atomic mass is 9.79. The van der Waals surface area contributed by atoms with Gasteiger partial charge in [0.25, 0.3) is 11.8 Å². The second-order valence-corrected chi connectivity index (χ2v) is 10.5. The average Bonchev–Trinajstić information content (AvgIpc) is 3.01. The first-order chi connectivity index (χ1) is 16.4. The van der Waals surface area contributed by atoms with Crippen LogP contribution in [0.25, 0.3) is 11.1 Å². The van der Waals surface area contributed by atoms with Crippen LogP contribution < -0.4 is 4.72 Å². The fourth-order valence-electron chi connectivity index (χ4n) is 4.63. The molecule has 0 aromatic heterocycles. The Morgan fingerprint density at radius 1 is 1.17 bits per heavy atom. The lowest BCUT2D eigenvalue weighted by molar-refractivity contribution is -0.162. The van der Waals surface area contributed by atoms with Crippen molar-refractivity contribution in [2.45, 2.75) is 56.2 Å². The maximum absolute atomic E-state index is 15.5. The smallest absolute Gasteiger partial charge is 0.283 e. The third kappa shape index (κ3) is 4.99. The van der Waals surface area contributed by atoms with E-state index in [0.29, 0.717) is 12.5 Å². The fraction of sp³-hybridized carbons (Fsp3) is 0.458. The van der Waals surface area contributed by atoms with Gasteiger partial charge >= 0.3 is 0 Å². The summed E-state index contributed by atoms with van der Waals surface area (Å²) in [4.78, 5) is 13.9. The number of benzene rings is 2. The molecule has 5 nitrogen and oxygen atoms in total. The molecule has 1 saturated carbocycles. The van der Waals surface area contributed by atoms with Gasteiger partial charge in [-0.25, -0.2) is 30.9 Å². The molecule has 2 aromatic carbocycles. The van der Waals surface area contributed by atoms with Crippen molar-refractivity contribution in [3.8, 4) is 11.1 Å². The van der Waals surface area contributed by atoms with Crippen molar-refractivity contribution in [2.24, 2.45) is 0 Å². The van der Waals surface area contributed by atoms with E-state index in [1.54, 1.807) is 0 Å². The molecule has 3 unspecified atom stereocenters. The summed E-state index contributed by atoms with van der Waals surface area (Å²) in [5.74, 6) is -7.02. The molecule has 0 spiro atoms. The summed E-state index contributed by atoms with van der Waals surface area (Å²) in [6, 6.07) is 3.51. The number of amides is 1. The third-order valence-electron chi connectivity index (χ3n) is 6.66. The Hall–Kier alpha value is -2.37. The van der Waals surface area contributed by atoms with Gasteiger partial charge in [0.2, 0.25) is 0 Å². The molecule has 3 atom stereocenters. The highest BCUT2D eigenvalue weighted by atomic mass is 32.2. The van der Waals surface area contributed by atoms with Crippen LogP contribution in [0.3, 0.4) is 0 Å². The second kappa shape index (κ2) is 9.59. The van der Waals surface area contributed by atoms with Crippen molar-refractivity contribution in [1.29, 1.82) is 0 Å². The summed E-state index contributed by atoms with van der Waals surface area (Å²) >= 11 is 0. The number of nitrogens with zero attached hydrogens (tertiary/aromatic N) is 1. The molecule has 35 heavy (non-hydrogen) atoms. The van der Waals surface area contributed by atoms with Crippen molar-refractivity contribution in [3.05, 3.63) is 59.4 Å². The maximum Gasteiger partial charge on any atom is 0.283 e.